The van der Waals surface area contributed by atoms with Gasteiger partial charge in [0.2, 0.25) is 0 Å². The van der Waals surface area contributed by atoms with Crippen LogP contribution in [0.25, 0.3) is 0 Å². The third-order valence-corrected chi connectivity index (χ3v) is 3.81. The van der Waals surface area contributed by atoms with Crippen molar-refractivity contribution in [1.29, 1.82) is 0 Å². The highest BCUT2D eigenvalue weighted by Crippen LogP contribution is 2.30. The van der Waals surface area contributed by atoms with Gasteiger partial charge in [-0.15, -0.1) is 0 Å². The second-order valence-corrected chi connectivity index (χ2v) is 5.12. The van der Waals surface area contributed by atoms with Gasteiger partial charge in [-0.2, -0.15) is 0 Å². The van der Waals surface area contributed by atoms with Crippen LogP contribution in [0.1, 0.15) is 51.4 Å². The molecule has 2 nitrogen and oxygen atoms in total. The normalized spacial score (nSPS) is 37.7. The molecule has 0 unspecified atom stereocenters. The van der Waals surface area contributed by atoms with Crippen molar-refractivity contribution in [3.8, 4) is 0 Å². The molecule has 0 heterocycles. The lowest BCUT2D eigenvalue weighted by molar-refractivity contribution is 0.117. The molecule has 0 aromatic heterocycles. The molecule has 0 aliphatic heterocycles. The summed E-state index contributed by atoms with van der Waals surface area (Å²) in [5.41, 5.74) is 1.54. The van der Waals surface area contributed by atoms with E-state index in [-0.39, 0.29) is 12.2 Å². The van der Waals surface area contributed by atoms with E-state index in [1.807, 2.05) is 0 Å². The van der Waals surface area contributed by atoms with E-state index >= 15 is 0 Å². The topological polar surface area (TPSA) is 40.5 Å². The SMILES string of the molecule is OC1CCC(=CC2CCC(O)CC2)CC1. The third kappa shape index (κ3) is 3.32. The average Bonchev–Trinajstić information content (AvgIpc) is 2.25. The second kappa shape index (κ2) is 5.13. The summed E-state index contributed by atoms with van der Waals surface area (Å²) in [4.78, 5) is 0. The largest absolute Gasteiger partial charge is 0.393 e. The smallest absolute Gasteiger partial charge is 0.0546 e. The molecule has 15 heavy (non-hydrogen) atoms. The van der Waals surface area contributed by atoms with Crippen molar-refractivity contribution in [2.45, 2.75) is 63.6 Å². The number of rotatable bonds is 1. The number of aliphatic hydroxyl groups is 2. The molecule has 2 heteroatoms. The zero-order chi connectivity index (χ0) is 10.7. The number of allylic oxidation sites excluding steroid dienone is 2. The number of hydrogen-bond acceptors (Lipinski definition) is 2. The van der Waals surface area contributed by atoms with Gasteiger partial charge in [0.15, 0.2) is 0 Å². The Morgan fingerprint density at radius 2 is 1.33 bits per heavy atom. The average molecular weight is 210 g/mol. The first kappa shape index (κ1) is 11.2. The molecule has 2 rings (SSSR count). The molecule has 0 saturated heterocycles. The standard InChI is InChI=1S/C13H22O2/c14-12-5-1-10(2-6-12)9-11-3-7-13(15)8-4-11/h9-10,12-15H,1-8H2. The van der Waals surface area contributed by atoms with Crippen LogP contribution in [-0.2, 0) is 0 Å². The van der Waals surface area contributed by atoms with Gasteiger partial charge in [-0.1, -0.05) is 11.6 Å². The fourth-order valence-electron chi connectivity index (χ4n) is 2.74. The maximum atomic E-state index is 9.41. The maximum absolute atomic E-state index is 9.41. The predicted molar refractivity (Wildman–Crippen MR) is 60.5 cm³/mol. The van der Waals surface area contributed by atoms with Crippen LogP contribution in [0, 0.1) is 5.92 Å². The molecule has 0 amide bonds. The molecule has 0 spiro atoms. The summed E-state index contributed by atoms with van der Waals surface area (Å²) >= 11 is 0. The molecule has 0 aromatic carbocycles. The van der Waals surface area contributed by atoms with Gasteiger partial charge < -0.3 is 10.2 Å². The Balaban J connectivity index is 1.82. The summed E-state index contributed by atoms with van der Waals surface area (Å²) < 4.78 is 0. The highest BCUT2D eigenvalue weighted by molar-refractivity contribution is 5.08. The van der Waals surface area contributed by atoms with Gasteiger partial charge in [0.05, 0.1) is 12.2 Å². The van der Waals surface area contributed by atoms with Gasteiger partial charge in [0.1, 0.15) is 0 Å². The zero-order valence-corrected chi connectivity index (χ0v) is 9.36. The molecule has 2 N–H and O–H groups in total. The number of aliphatic hydroxyl groups excluding tert-OH is 2. The van der Waals surface area contributed by atoms with Crippen LogP contribution in [-0.4, -0.2) is 22.4 Å². The highest BCUT2D eigenvalue weighted by atomic mass is 16.3. The highest BCUT2D eigenvalue weighted by Gasteiger charge is 2.19. The first-order chi connectivity index (χ1) is 7.24. The second-order valence-electron chi connectivity index (χ2n) is 5.12. The Morgan fingerprint density at radius 1 is 0.800 bits per heavy atom. The number of hydrogen-bond donors (Lipinski definition) is 2. The van der Waals surface area contributed by atoms with Crippen LogP contribution in [0.3, 0.4) is 0 Å². The minimum atomic E-state index is -0.0599. The van der Waals surface area contributed by atoms with Gasteiger partial charge in [-0.05, 0) is 57.3 Å². The van der Waals surface area contributed by atoms with Crippen molar-refractivity contribution in [2.24, 2.45) is 5.92 Å². The van der Waals surface area contributed by atoms with E-state index in [1.54, 1.807) is 5.57 Å². The Kier molecular flexibility index (Phi) is 3.81. The van der Waals surface area contributed by atoms with Crippen LogP contribution >= 0.6 is 0 Å². The van der Waals surface area contributed by atoms with E-state index in [0.717, 1.165) is 51.4 Å². The summed E-state index contributed by atoms with van der Waals surface area (Å²) in [5, 5.41) is 18.8. The third-order valence-electron chi connectivity index (χ3n) is 3.81. The van der Waals surface area contributed by atoms with E-state index < -0.39 is 0 Å². The van der Waals surface area contributed by atoms with E-state index in [1.165, 1.54) is 0 Å². The Hall–Kier alpha value is -0.340. The molecule has 2 aliphatic rings. The van der Waals surface area contributed by atoms with Crippen molar-refractivity contribution in [2.75, 3.05) is 0 Å². The van der Waals surface area contributed by atoms with Crippen molar-refractivity contribution < 1.29 is 10.2 Å². The van der Waals surface area contributed by atoms with Crippen molar-refractivity contribution >= 4 is 0 Å². The fourth-order valence-corrected chi connectivity index (χ4v) is 2.74. The summed E-state index contributed by atoms with van der Waals surface area (Å²) in [5.74, 6) is 0.693. The quantitative estimate of drug-likeness (QED) is 0.652. The minimum Gasteiger partial charge on any atom is -0.393 e. The first-order valence-corrected chi connectivity index (χ1v) is 6.30. The molecule has 0 atom stereocenters. The predicted octanol–water partition coefficient (Wildman–Crippen LogP) is 2.40. The molecule has 2 fully saturated rings. The lowest BCUT2D eigenvalue weighted by Crippen LogP contribution is -2.18. The van der Waals surface area contributed by atoms with E-state index in [0.29, 0.717) is 5.92 Å². The van der Waals surface area contributed by atoms with Crippen LogP contribution < -0.4 is 0 Å². The molecule has 0 bridgehead atoms. The van der Waals surface area contributed by atoms with E-state index in [2.05, 4.69) is 6.08 Å². The van der Waals surface area contributed by atoms with Crippen LogP contribution in [0.5, 0.6) is 0 Å². The molecule has 2 saturated carbocycles. The Morgan fingerprint density at radius 3 is 1.93 bits per heavy atom. The summed E-state index contributed by atoms with van der Waals surface area (Å²) in [6, 6.07) is 0. The van der Waals surface area contributed by atoms with Gasteiger partial charge in [-0.25, -0.2) is 0 Å². The van der Waals surface area contributed by atoms with Gasteiger partial charge in [0, 0.05) is 0 Å². The van der Waals surface area contributed by atoms with Gasteiger partial charge in [0.25, 0.3) is 0 Å². The lowest BCUT2D eigenvalue weighted by Gasteiger charge is -2.26. The van der Waals surface area contributed by atoms with Gasteiger partial charge in [-0.3, -0.25) is 0 Å². The Labute approximate surface area is 92.0 Å². The zero-order valence-electron chi connectivity index (χ0n) is 9.36. The van der Waals surface area contributed by atoms with E-state index in [9.17, 15) is 10.2 Å². The monoisotopic (exact) mass is 210 g/mol. The maximum Gasteiger partial charge on any atom is 0.0546 e. The summed E-state index contributed by atoms with van der Waals surface area (Å²) in [6.45, 7) is 0. The van der Waals surface area contributed by atoms with Crippen LogP contribution in [0.2, 0.25) is 0 Å². The minimum absolute atomic E-state index is 0.0483. The fraction of sp³-hybridized carbons (Fsp3) is 0.846. The molecule has 2 aliphatic carbocycles. The molecule has 86 valence electrons. The Bertz CT molecular complexity index is 217. The molecular weight excluding hydrogens is 188 g/mol. The molecular formula is C13H22O2. The first-order valence-electron chi connectivity index (χ1n) is 6.30. The van der Waals surface area contributed by atoms with Crippen molar-refractivity contribution in [3.63, 3.8) is 0 Å². The van der Waals surface area contributed by atoms with Crippen molar-refractivity contribution in [1.82, 2.24) is 0 Å². The molecule has 0 radical (unpaired) electrons. The van der Waals surface area contributed by atoms with Crippen LogP contribution in [0.15, 0.2) is 11.6 Å². The van der Waals surface area contributed by atoms with E-state index in [4.69, 9.17) is 0 Å². The van der Waals surface area contributed by atoms with Crippen molar-refractivity contribution in [3.05, 3.63) is 11.6 Å². The molecule has 0 aromatic rings. The summed E-state index contributed by atoms with van der Waals surface area (Å²) in [7, 11) is 0. The summed E-state index contributed by atoms with van der Waals surface area (Å²) in [6.07, 6.45) is 10.6. The lowest BCUT2D eigenvalue weighted by atomic mass is 9.83. The van der Waals surface area contributed by atoms with Crippen LogP contribution in [0.4, 0.5) is 0 Å². The van der Waals surface area contributed by atoms with Gasteiger partial charge >= 0.3 is 0 Å².